The molecule has 0 radical (unpaired) electrons. The summed E-state index contributed by atoms with van der Waals surface area (Å²) in [6.45, 7) is 1.30. The Morgan fingerprint density at radius 2 is 2.46 bits per heavy atom. The van der Waals surface area contributed by atoms with E-state index >= 15 is 0 Å². The van der Waals surface area contributed by atoms with Crippen molar-refractivity contribution in [2.75, 3.05) is 18.4 Å². The Hall–Kier alpha value is -2.55. The van der Waals surface area contributed by atoms with Crippen LogP contribution in [0.2, 0.25) is 0 Å². The maximum Gasteiger partial charge on any atom is 0.236 e. The summed E-state index contributed by atoms with van der Waals surface area (Å²) < 4.78 is 8.64. The van der Waals surface area contributed by atoms with Gasteiger partial charge in [0.15, 0.2) is 27.1 Å². The molecule has 2 aliphatic rings. The van der Waals surface area contributed by atoms with Crippen molar-refractivity contribution in [3.8, 4) is 6.07 Å². The van der Waals surface area contributed by atoms with Gasteiger partial charge in [-0.05, 0) is 18.9 Å². The molecule has 2 aromatic rings. The Morgan fingerprint density at radius 1 is 1.54 bits per heavy atom. The molecule has 4 rings (SSSR count). The molecule has 0 unspecified atom stereocenters. The van der Waals surface area contributed by atoms with Gasteiger partial charge in [0.2, 0.25) is 5.91 Å². The summed E-state index contributed by atoms with van der Waals surface area (Å²) in [6, 6.07) is 4.03. The Morgan fingerprint density at radius 3 is 3.27 bits per heavy atom. The number of nitrogens with zero attached hydrogens (tertiary/aromatic N) is 5. The molecule has 0 aliphatic carbocycles. The zero-order chi connectivity index (χ0) is 17.9. The van der Waals surface area contributed by atoms with Crippen LogP contribution < -0.4 is 10.7 Å². The van der Waals surface area contributed by atoms with Gasteiger partial charge in [-0.25, -0.2) is 4.98 Å². The van der Waals surface area contributed by atoms with Crippen molar-refractivity contribution in [3.05, 3.63) is 24.0 Å². The van der Waals surface area contributed by atoms with E-state index in [0.29, 0.717) is 13.1 Å². The summed E-state index contributed by atoms with van der Waals surface area (Å²) in [5.74, 6) is 0.634. The molecule has 9 nitrogen and oxygen atoms in total. The number of carbonyl (C=O) groups is 1. The molecule has 1 amide bonds. The van der Waals surface area contributed by atoms with Crippen LogP contribution in [-0.2, 0) is 4.79 Å². The number of halogens is 1. The molecule has 2 aromatic heterocycles. The standard InChI is InChI=1S/C16H17IN8O/c18-5-3-13(26)25-7-1-2-10(9-25)21-14-11-4-6-19-15(11)20-8-12(14)16-22-17-24-23-16/h4,6,8,10H,1-3,7,9H2,(H2,19,20,21)(H,22,23,24)/t10-/m1/s1. The Labute approximate surface area is 160 Å². The van der Waals surface area contributed by atoms with Crippen LogP contribution in [0.5, 0.6) is 0 Å². The van der Waals surface area contributed by atoms with Crippen LogP contribution in [0.25, 0.3) is 11.0 Å². The fraction of sp³-hybridized carbons (Fsp3) is 0.375. The number of amidine groups is 1. The monoisotopic (exact) mass is 464 g/mol. The molecular formula is C16H17IN8O. The zero-order valence-electron chi connectivity index (χ0n) is 13.9. The third-order valence-corrected chi connectivity index (χ3v) is 5.66. The molecular weight excluding hydrogens is 447 g/mol. The predicted molar refractivity (Wildman–Crippen MR) is 106 cm³/mol. The van der Waals surface area contributed by atoms with Gasteiger partial charge in [0.1, 0.15) is 12.1 Å². The second-order valence-corrected chi connectivity index (χ2v) is 7.55. The van der Waals surface area contributed by atoms with Crippen LogP contribution in [0.3, 0.4) is 0 Å². The van der Waals surface area contributed by atoms with E-state index in [4.69, 9.17) is 5.26 Å². The van der Waals surface area contributed by atoms with Crippen molar-refractivity contribution in [2.45, 2.75) is 25.3 Å². The van der Waals surface area contributed by atoms with E-state index in [1.807, 2.05) is 18.3 Å². The van der Waals surface area contributed by atoms with Crippen LogP contribution in [0, 0.1) is 11.3 Å². The number of amides is 1. The van der Waals surface area contributed by atoms with Crippen molar-refractivity contribution in [2.24, 2.45) is 6.46 Å². The molecule has 3 N–H and O–H groups in total. The molecule has 0 saturated carbocycles. The third-order valence-electron chi connectivity index (χ3n) is 4.50. The number of anilines is 1. The first-order valence-electron chi connectivity index (χ1n) is 8.31. The Bertz CT molecular complexity index is 943. The van der Waals surface area contributed by atoms with Crippen LogP contribution in [0.1, 0.15) is 24.8 Å². The lowest BCUT2D eigenvalue weighted by Gasteiger charge is -2.33. The number of H-pyrrole nitrogens is 1. The lowest BCUT2D eigenvalue weighted by Crippen LogP contribution is -2.45. The van der Waals surface area contributed by atoms with Crippen molar-refractivity contribution in [1.29, 1.82) is 5.26 Å². The molecule has 1 fully saturated rings. The van der Waals surface area contributed by atoms with Crippen LogP contribution in [-0.4, -0.2) is 45.7 Å². The first-order valence-corrected chi connectivity index (χ1v) is 10.2. The number of hydrogen-bond donors (Lipinski definition) is 3. The summed E-state index contributed by atoms with van der Waals surface area (Å²) in [6.07, 6.45) is 5.45. The fourth-order valence-electron chi connectivity index (χ4n) is 3.29. The smallest absolute Gasteiger partial charge is 0.236 e. The van der Waals surface area contributed by atoms with Gasteiger partial charge in [-0.1, -0.05) is 0 Å². The zero-order valence-corrected chi connectivity index (χ0v) is 16.0. The van der Waals surface area contributed by atoms with Crippen LogP contribution in [0.15, 0.2) is 24.9 Å². The largest absolute Gasteiger partial charge is 0.379 e. The van der Waals surface area contributed by atoms with Gasteiger partial charge in [0, 0.05) is 36.9 Å². The molecule has 0 spiro atoms. The lowest BCUT2D eigenvalue weighted by atomic mass is 10.0. The summed E-state index contributed by atoms with van der Waals surface area (Å²) in [5, 5.41) is 13.4. The van der Waals surface area contributed by atoms with E-state index in [-0.39, 0.29) is 18.4 Å². The number of rotatable bonds is 4. The van der Waals surface area contributed by atoms with Gasteiger partial charge in [0.25, 0.3) is 0 Å². The average Bonchev–Trinajstić information content (AvgIpc) is 3.34. The van der Waals surface area contributed by atoms with Crippen LogP contribution in [0.4, 0.5) is 5.69 Å². The number of nitrogens with one attached hydrogen (secondary N) is 3. The van der Waals surface area contributed by atoms with Crippen molar-refractivity contribution >= 4 is 49.8 Å². The molecule has 0 bridgehead atoms. The molecule has 26 heavy (non-hydrogen) atoms. The van der Waals surface area contributed by atoms with E-state index < -0.39 is 21.3 Å². The number of carbonyl (C=O) groups excluding carboxylic acids is 1. The highest BCUT2D eigenvalue weighted by Gasteiger charge is 2.25. The molecule has 10 heteroatoms. The maximum absolute atomic E-state index is 12.1. The number of pyridine rings is 1. The highest BCUT2D eigenvalue weighted by atomic mass is 127. The quantitative estimate of drug-likeness (QED) is 0.600. The van der Waals surface area contributed by atoms with Gasteiger partial charge in [-0.3, -0.25) is 10.2 Å². The normalized spacial score (nSPS) is 19.4. The van der Waals surface area contributed by atoms with Gasteiger partial charge in [0.05, 0.1) is 17.3 Å². The van der Waals surface area contributed by atoms with Crippen molar-refractivity contribution < 1.29 is 4.79 Å². The van der Waals surface area contributed by atoms with Gasteiger partial charge in [-0.2, -0.15) is 8.47 Å². The molecule has 134 valence electrons. The third kappa shape index (κ3) is 3.26. The van der Waals surface area contributed by atoms with Gasteiger partial charge >= 0.3 is 0 Å². The molecule has 1 atom stereocenters. The number of aromatic nitrogens is 2. The molecule has 4 heterocycles. The number of piperidine rings is 1. The van der Waals surface area contributed by atoms with E-state index in [1.54, 1.807) is 11.1 Å². The summed E-state index contributed by atoms with van der Waals surface area (Å²) >= 11 is -0.555. The Balaban J connectivity index is 1.62. The highest BCUT2D eigenvalue weighted by molar-refractivity contribution is 14.1. The minimum absolute atomic E-state index is 0.0683. The van der Waals surface area contributed by atoms with Crippen molar-refractivity contribution in [3.63, 3.8) is 0 Å². The fourth-order valence-corrected chi connectivity index (χ4v) is 4.32. The summed E-state index contributed by atoms with van der Waals surface area (Å²) in [7, 11) is 0. The first kappa shape index (κ1) is 16.9. The minimum Gasteiger partial charge on any atom is -0.379 e. The first-order chi connectivity index (χ1) is 12.8. The van der Waals surface area contributed by atoms with E-state index in [9.17, 15) is 4.79 Å². The van der Waals surface area contributed by atoms with E-state index in [2.05, 4.69) is 27.2 Å². The minimum atomic E-state index is -0.555. The second-order valence-electron chi connectivity index (χ2n) is 6.15. The summed E-state index contributed by atoms with van der Waals surface area (Å²) in [5.41, 5.74) is 5.62. The molecule has 1 saturated heterocycles. The number of nitriles is 1. The number of fused-ring (bicyclic) bond motifs is 1. The highest BCUT2D eigenvalue weighted by Crippen LogP contribution is 2.29. The van der Waals surface area contributed by atoms with Crippen molar-refractivity contribution in [1.82, 2.24) is 20.3 Å². The van der Waals surface area contributed by atoms with E-state index in [1.165, 1.54) is 0 Å². The number of aromatic amines is 1. The van der Waals surface area contributed by atoms with Crippen LogP contribution >= 0.6 is 21.3 Å². The number of likely N-dealkylation sites (tertiary alicyclic amines) is 1. The van der Waals surface area contributed by atoms with Gasteiger partial charge < -0.3 is 15.2 Å². The number of hydrogen-bond acceptors (Lipinski definition) is 7. The maximum atomic E-state index is 12.1. The van der Waals surface area contributed by atoms with E-state index in [0.717, 1.165) is 41.0 Å². The second kappa shape index (κ2) is 7.36. The Kier molecular flexibility index (Phi) is 4.79. The predicted octanol–water partition coefficient (Wildman–Crippen LogP) is 2.21. The SMILES string of the molecule is N#CCC(=O)N1CCC[C@@H](Nc2c(C3=NI=NN3)cnc3[nH]ccc23)C1. The van der Waals surface area contributed by atoms with Gasteiger partial charge in [-0.15, -0.1) is 3.25 Å². The average molecular weight is 464 g/mol. The topological polar surface area (TPSA) is 122 Å². The molecule has 2 aliphatic heterocycles. The lowest BCUT2D eigenvalue weighted by molar-refractivity contribution is -0.131. The molecule has 0 aromatic carbocycles. The summed E-state index contributed by atoms with van der Waals surface area (Å²) in [4.78, 5) is 21.4.